The van der Waals surface area contributed by atoms with Gasteiger partial charge in [-0.25, -0.2) is 0 Å². The zero-order valence-corrected chi connectivity index (χ0v) is 40.8. The Morgan fingerprint density at radius 1 is 0.333 bits per heavy atom. The predicted octanol–water partition coefficient (Wildman–Crippen LogP) is 6.65. The van der Waals surface area contributed by atoms with Crippen molar-refractivity contribution in [3.8, 4) is 23.0 Å². The van der Waals surface area contributed by atoms with Gasteiger partial charge >= 0.3 is 0 Å². The van der Waals surface area contributed by atoms with Gasteiger partial charge in [0.25, 0.3) is 0 Å². The van der Waals surface area contributed by atoms with Crippen molar-refractivity contribution in [1.29, 1.82) is 0 Å². The fourth-order valence-corrected chi connectivity index (χ4v) is 9.25. The van der Waals surface area contributed by atoms with E-state index >= 15 is 0 Å². The van der Waals surface area contributed by atoms with Crippen LogP contribution in [-0.2, 0) is 51.0 Å². The van der Waals surface area contributed by atoms with Crippen LogP contribution in [0.25, 0.3) is 0 Å². The molecule has 8 fully saturated rings. The van der Waals surface area contributed by atoms with Gasteiger partial charge in [0, 0.05) is 51.1 Å². The molecule has 8 atom stereocenters. The molecular weight excluding hydrogens is 917 g/mol. The number of ether oxygens (including phenoxy) is 12. The Morgan fingerprint density at radius 2 is 0.569 bits per heavy atom. The van der Waals surface area contributed by atoms with Gasteiger partial charge in [0.1, 0.15) is 73.8 Å². The number of epoxide rings is 8. The van der Waals surface area contributed by atoms with E-state index in [1.54, 1.807) is 0 Å². The van der Waals surface area contributed by atoms with Crippen molar-refractivity contribution in [3.05, 3.63) is 155 Å². The monoisotopic (exact) mass is 982 g/mol. The van der Waals surface area contributed by atoms with E-state index in [0.717, 1.165) is 115 Å². The molecule has 72 heavy (non-hydrogen) atoms. The molecule has 0 aromatic heterocycles. The lowest BCUT2D eigenvalue weighted by molar-refractivity contribution is 0.210. The van der Waals surface area contributed by atoms with Gasteiger partial charge in [-0.2, -0.15) is 0 Å². The van der Waals surface area contributed by atoms with E-state index in [4.69, 9.17) is 56.8 Å². The molecule has 8 aliphatic rings. The van der Waals surface area contributed by atoms with Gasteiger partial charge in [0.2, 0.25) is 0 Å². The average molecular weight is 983 g/mol. The Hall–Kier alpha value is -5.10. The van der Waals surface area contributed by atoms with Crippen molar-refractivity contribution in [3.63, 3.8) is 0 Å². The number of hydrogen-bond donors (Lipinski definition) is 0. The zero-order chi connectivity index (χ0) is 48.1. The van der Waals surface area contributed by atoms with E-state index in [2.05, 4.69) is 131 Å². The molecule has 8 heterocycles. The maximum atomic E-state index is 5.98. The Labute approximate surface area is 422 Å². The fourth-order valence-electron chi connectivity index (χ4n) is 9.25. The van der Waals surface area contributed by atoms with E-state index in [0.29, 0.717) is 50.8 Å². The molecule has 0 bridgehead atoms. The van der Waals surface area contributed by atoms with Crippen LogP contribution < -0.4 is 18.9 Å². The van der Waals surface area contributed by atoms with Crippen LogP contribution in [0.2, 0.25) is 0 Å². The van der Waals surface area contributed by atoms with Crippen LogP contribution in [0.4, 0.5) is 0 Å². The SMILES string of the molecule is c1cc(C(c2ccc(OCC3CO3)cc2)C(c2ccc(OCC3CO3)cc2)c2ccc(OCC3CO3)cc2)ccc1OCC1CO1.c1cc(CN(CC2CO2)CC2CO2)cc(CN(CC2CO2)CC2CO2)c1. The number of nitrogens with zero attached hydrogens (tertiary/aromatic N) is 2. The fraction of sp³-hybridized carbons (Fsp3) is 0.483. The maximum absolute atomic E-state index is 5.98. The van der Waals surface area contributed by atoms with Crippen molar-refractivity contribution in [2.45, 2.75) is 73.8 Å². The molecule has 380 valence electrons. The van der Waals surface area contributed by atoms with Gasteiger partial charge in [-0.3, -0.25) is 9.80 Å². The van der Waals surface area contributed by atoms with Crippen LogP contribution >= 0.6 is 0 Å². The van der Waals surface area contributed by atoms with Gasteiger partial charge in [0.15, 0.2) is 0 Å². The minimum atomic E-state index is -0.0140. The molecule has 5 aromatic carbocycles. The van der Waals surface area contributed by atoms with Crippen LogP contribution in [0.5, 0.6) is 23.0 Å². The molecule has 0 aliphatic carbocycles. The second-order valence-corrected chi connectivity index (χ2v) is 20.3. The van der Waals surface area contributed by atoms with Gasteiger partial charge in [-0.15, -0.1) is 0 Å². The number of benzene rings is 5. The smallest absolute Gasteiger partial charge is 0.119 e. The first-order valence-corrected chi connectivity index (χ1v) is 25.9. The highest BCUT2D eigenvalue weighted by Crippen LogP contribution is 2.44. The second kappa shape index (κ2) is 22.6. The van der Waals surface area contributed by atoms with E-state index in [-0.39, 0.29) is 36.3 Å². The highest BCUT2D eigenvalue weighted by molar-refractivity contribution is 5.48. The van der Waals surface area contributed by atoms with Crippen LogP contribution in [0.1, 0.15) is 45.2 Å². The normalized spacial score (nSPS) is 26.4. The van der Waals surface area contributed by atoms with Gasteiger partial charge in [-0.05, 0) is 81.9 Å². The van der Waals surface area contributed by atoms with Gasteiger partial charge in [0.05, 0.1) is 77.3 Å². The minimum absolute atomic E-state index is 0.0140. The molecule has 13 rings (SSSR count). The Kier molecular flexibility index (Phi) is 15.0. The summed E-state index contributed by atoms with van der Waals surface area (Å²) in [6.07, 6.45) is 2.50. The highest BCUT2D eigenvalue weighted by Gasteiger charge is 2.34. The standard InChI is InChI=1S/C38H38O8.C20H28N2O4/c1-9-29(39-17-33-21-43-33)10-2-25(1)37(26-3-11-30(12-4-26)40-18-34-22-44-34)38(27-5-13-31(14-6-27)41-19-35-23-45-35)28-7-15-32(16-8-28)42-20-36-24-46-36;1-2-15(5-21(7-17-11-23-17)8-18-12-24-18)4-16(3-1)6-22(9-19-13-25-19)10-20-14-26-20/h1-16,33-38H,17-24H2;1-4,17-20H,5-14H2. The molecule has 0 spiro atoms. The summed E-state index contributed by atoms with van der Waals surface area (Å²) in [5.74, 6) is 3.32. The molecule has 0 amide bonds. The van der Waals surface area contributed by atoms with E-state index in [1.807, 2.05) is 0 Å². The van der Waals surface area contributed by atoms with Gasteiger partial charge in [-0.1, -0.05) is 72.8 Å². The number of rotatable bonds is 29. The molecule has 5 aromatic rings. The molecule has 8 unspecified atom stereocenters. The number of hydrogen-bond acceptors (Lipinski definition) is 14. The Bertz CT molecular complexity index is 2160. The third-order valence-corrected chi connectivity index (χ3v) is 13.9. The summed E-state index contributed by atoms with van der Waals surface area (Å²) in [7, 11) is 0. The van der Waals surface area contributed by atoms with Crippen LogP contribution in [0.15, 0.2) is 121 Å². The van der Waals surface area contributed by atoms with Crippen LogP contribution in [0, 0.1) is 0 Å². The molecule has 14 heteroatoms. The molecule has 8 aliphatic heterocycles. The van der Waals surface area contributed by atoms with E-state index < -0.39 is 0 Å². The molecular formula is C58H66N2O12. The maximum Gasteiger partial charge on any atom is 0.119 e. The molecule has 0 saturated carbocycles. The summed E-state index contributed by atoms with van der Waals surface area (Å²) in [5, 5.41) is 0. The summed E-state index contributed by atoms with van der Waals surface area (Å²) in [5.41, 5.74) is 7.45. The first-order valence-electron chi connectivity index (χ1n) is 25.9. The lowest BCUT2D eigenvalue weighted by Gasteiger charge is -2.30. The summed E-state index contributed by atoms with van der Waals surface area (Å²) < 4.78 is 67.0. The topological polar surface area (TPSA) is 144 Å². The lowest BCUT2D eigenvalue weighted by atomic mass is 9.73. The van der Waals surface area contributed by atoms with E-state index in [1.165, 1.54) is 33.4 Å². The van der Waals surface area contributed by atoms with Crippen molar-refractivity contribution in [1.82, 2.24) is 9.80 Å². The van der Waals surface area contributed by atoms with Crippen LogP contribution in [-0.4, -0.2) is 164 Å². The Balaban J connectivity index is 0.000000172. The van der Waals surface area contributed by atoms with Crippen LogP contribution in [0.3, 0.4) is 0 Å². The second-order valence-electron chi connectivity index (χ2n) is 20.3. The highest BCUT2D eigenvalue weighted by atomic mass is 16.6. The summed E-state index contributed by atoms with van der Waals surface area (Å²) in [6.45, 7) is 14.9. The third kappa shape index (κ3) is 15.0. The molecule has 14 nitrogen and oxygen atoms in total. The molecule has 0 radical (unpaired) electrons. The summed E-state index contributed by atoms with van der Waals surface area (Å²) in [4.78, 5) is 4.95. The predicted molar refractivity (Wildman–Crippen MR) is 266 cm³/mol. The third-order valence-electron chi connectivity index (χ3n) is 13.9. The van der Waals surface area contributed by atoms with Crippen molar-refractivity contribution < 1.29 is 56.8 Å². The van der Waals surface area contributed by atoms with Crippen molar-refractivity contribution in [2.24, 2.45) is 0 Å². The first kappa shape index (κ1) is 47.9. The van der Waals surface area contributed by atoms with Gasteiger partial charge < -0.3 is 56.8 Å². The average Bonchev–Trinajstić information content (AvgIpc) is 4.22. The molecule has 0 N–H and O–H groups in total. The first-order chi connectivity index (χ1) is 35.5. The summed E-state index contributed by atoms with van der Waals surface area (Å²) >= 11 is 0. The van der Waals surface area contributed by atoms with Crippen molar-refractivity contribution >= 4 is 0 Å². The Morgan fingerprint density at radius 3 is 0.792 bits per heavy atom. The summed E-state index contributed by atoms with van der Waals surface area (Å²) in [6, 6.07) is 42.9. The minimum Gasteiger partial charge on any atom is -0.491 e. The zero-order valence-electron chi connectivity index (χ0n) is 40.8. The largest absolute Gasteiger partial charge is 0.491 e. The quantitative estimate of drug-likeness (QED) is 0.0472. The van der Waals surface area contributed by atoms with Crippen molar-refractivity contribution in [2.75, 3.05) is 105 Å². The van der Waals surface area contributed by atoms with E-state index in [9.17, 15) is 0 Å². The molecule has 8 saturated heterocycles. The lowest BCUT2D eigenvalue weighted by Crippen LogP contribution is -2.32.